The van der Waals surface area contributed by atoms with Gasteiger partial charge in [0, 0.05) is 23.8 Å². The van der Waals surface area contributed by atoms with Gasteiger partial charge >= 0.3 is 5.97 Å². The lowest BCUT2D eigenvalue weighted by Gasteiger charge is -2.35. The van der Waals surface area contributed by atoms with E-state index in [4.69, 9.17) is 22.4 Å². The molecule has 0 aliphatic carbocycles. The summed E-state index contributed by atoms with van der Waals surface area (Å²) in [5.74, 6) is -2.86. The Bertz CT molecular complexity index is 1190. The molecule has 3 amide bonds. The standard InChI is InChI=1S/C24H33ClN4O7S/c1-24(2,3)20(28-21(32)14-7-8-17(26)16(25)12-14)23(34)29-10-5-6-18(29)22(33)27-15(13-19(30)31)9-11-37(4,35)36/h7-9,11-12,15,18,20H,5-6,10,13,26H2,1-4H3,(H,27,33)(H,28,32)(H,30,31)/t15-,18-,20+/m1/s1. The van der Waals surface area contributed by atoms with Crippen LogP contribution in [0, 0.1) is 5.41 Å². The SMILES string of the molecule is CC(C)(C)[C@@H](NC(=O)c1ccc(N)c(Cl)c1)C(=O)N1CCC[C@@H]1C(=O)N[C@H](C=CS(C)(=O)=O)CC(=O)O. The number of halogens is 1. The Hall–Kier alpha value is -3.12. The van der Waals surface area contributed by atoms with Crippen LogP contribution in [0.25, 0.3) is 0 Å². The van der Waals surface area contributed by atoms with E-state index in [-0.39, 0.29) is 17.1 Å². The fourth-order valence-electron chi connectivity index (χ4n) is 3.87. The average Bonchev–Trinajstić information content (AvgIpc) is 3.25. The molecule has 0 radical (unpaired) electrons. The molecule has 1 heterocycles. The molecule has 3 atom stereocenters. The lowest BCUT2D eigenvalue weighted by Crippen LogP contribution is -2.58. The maximum atomic E-state index is 13.6. The van der Waals surface area contributed by atoms with Gasteiger partial charge in [0.1, 0.15) is 12.1 Å². The average molecular weight is 557 g/mol. The first-order valence-corrected chi connectivity index (χ1v) is 13.9. The minimum atomic E-state index is -3.55. The number of hydrogen-bond donors (Lipinski definition) is 4. The summed E-state index contributed by atoms with van der Waals surface area (Å²) >= 11 is 6.03. The van der Waals surface area contributed by atoms with Gasteiger partial charge in [0.2, 0.25) is 11.8 Å². The summed E-state index contributed by atoms with van der Waals surface area (Å²) < 4.78 is 22.9. The van der Waals surface area contributed by atoms with E-state index in [1.807, 2.05) is 0 Å². The summed E-state index contributed by atoms with van der Waals surface area (Å²) in [6, 6.07) is 1.37. The molecule has 2 rings (SSSR count). The molecule has 1 aliphatic rings. The highest BCUT2D eigenvalue weighted by molar-refractivity contribution is 7.93. The van der Waals surface area contributed by atoms with Gasteiger partial charge in [0.15, 0.2) is 9.84 Å². The topological polar surface area (TPSA) is 176 Å². The van der Waals surface area contributed by atoms with Crippen molar-refractivity contribution in [3.05, 3.63) is 40.3 Å². The third-order valence-electron chi connectivity index (χ3n) is 5.77. The number of benzene rings is 1. The summed E-state index contributed by atoms with van der Waals surface area (Å²) in [5.41, 5.74) is 5.50. The van der Waals surface area contributed by atoms with Crippen LogP contribution in [0.1, 0.15) is 50.4 Å². The van der Waals surface area contributed by atoms with Crippen molar-refractivity contribution >= 4 is 50.8 Å². The molecule has 37 heavy (non-hydrogen) atoms. The molecule has 5 N–H and O–H groups in total. The number of rotatable bonds is 9. The van der Waals surface area contributed by atoms with Crippen LogP contribution in [0.4, 0.5) is 5.69 Å². The van der Waals surface area contributed by atoms with E-state index in [9.17, 15) is 27.6 Å². The van der Waals surface area contributed by atoms with Gasteiger partial charge in [-0.2, -0.15) is 0 Å². The second kappa shape index (κ2) is 12.0. The number of nitrogens with zero attached hydrogens (tertiary/aromatic N) is 1. The van der Waals surface area contributed by atoms with Crippen molar-refractivity contribution in [3.8, 4) is 0 Å². The van der Waals surface area contributed by atoms with Gasteiger partial charge in [-0.05, 0) is 36.5 Å². The first-order valence-electron chi connectivity index (χ1n) is 11.6. The number of carbonyl (C=O) groups is 4. The molecule has 0 unspecified atom stereocenters. The Balaban J connectivity index is 2.24. The Morgan fingerprint density at radius 2 is 1.89 bits per heavy atom. The number of sulfone groups is 1. The lowest BCUT2D eigenvalue weighted by atomic mass is 9.85. The molecule has 0 spiro atoms. The van der Waals surface area contributed by atoms with Crippen molar-refractivity contribution < 1.29 is 32.7 Å². The quantitative estimate of drug-likeness (QED) is 0.331. The van der Waals surface area contributed by atoms with Gasteiger partial charge in [0.25, 0.3) is 5.91 Å². The van der Waals surface area contributed by atoms with Crippen molar-refractivity contribution in [1.29, 1.82) is 0 Å². The van der Waals surface area contributed by atoms with Crippen LogP contribution >= 0.6 is 11.6 Å². The first kappa shape index (κ1) is 30.1. The number of hydrogen-bond acceptors (Lipinski definition) is 7. The zero-order chi connectivity index (χ0) is 28.1. The summed E-state index contributed by atoms with van der Waals surface area (Å²) in [7, 11) is -3.55. The highest BCUT2D eigenvalue weighted by Crippen LogP contribution is 2.27. The number of anilines is 1. The van der Waals surface area contributed by atoms with Crippen LogP contribution in [0.5, 0.6) is 0 Å². The van der Waals surface area contributed by atoms with Crippen LogP contribution in [0.15, 0.2) is 29.7 Å². The summed E-state index contributed by atoms with van der Waals surface area (Å²) in [5, 5.41) is 15.4. The number of nitrogen functional groups attached to an aromatic ring is 1. The van der Waals surface area contributed by atoms with Gasteiger partial charge in [0.05, 0.1) is 23.2 Å². The Labute approximate surface area is 221 Å². The highest BCUT2D eigenvalue weighted by atomic mass is 35.5. The minimum Gasteiger partial charge on any atom is -0.481 e. The van der Waals surface area contributed by atoms with Crippen LogP contribution in [-0.4, -0.2) is 73.0 Å². The largest absolute Gasteiger partial charge is 0.481 e. The number of amides is 3. The normalized spacial score (nSPS) is 17.9. The Morgan fingerprint density at radius 1 is 1.24 bits per heavy atom. The van der Waals surface area contributed by atoms with E-state index in [1.165, 1.54) is 23.1 Å². The van der Waals surface area contributed by atoms with Crippen LogP contribution in [-0.2, 0) is 24.2 Å². The molecule has 11 nitrogen and oxygen atoms in total. The van der Waals surface area contributed by atoms with E-state index in [2.05, 4.69) is 10.6 Å². The predicted molar refractivity (Wildman–Crippen MR) is 139 cm³/mol. The van der Waals surface area contributed by atoms with E-state index >= 15 is 0 Å². The minimum absolute atomic E-state index is 0.198. The summed E-state index contributed by atoms with van der Waals surface area (Å²) in [6.07, 6.45) is 2.35. The molecule has 1 aromatic carbocycles. The highest BCUT2D eigenvalue weighted by Gasteiger charge is 2.42. The molecule has 1 fully saturated rings. The molecule has 0 bridgehead atoms. The molecule has 1 saturated heterocycles. The predicted octanol–water partition coefficient (Wildman–Crippen LogP) is 1.58. The number of likely N-dealkylation sites (tertiary alicyclic amines) is 1. The molecular weight excluding hydrogens is 524 g/mol. The molecule has 1 aliphatic heterocycles. The van der Waals surface area contributed by atoms with Crippen molar-refractivity contribution in [1.82, 2.24) is 15.5 Å². The third kappa shape index (κ3) is 8.74. The number of aliphatic carboxylic acids is 1. The number of carboxylic acid groups (broad SMARTS) is 1. The molecule has 13 heteroatoms. The van der Waals surface area contributed by atoms with Gasteiger partial charge in [-0.15, -0.1) is 0 Å². The molecule has 1 aromatic rings. The van der Waals surface area contributed by atoms with Crippen molar-refractivity contribution in [2.24, 2.45) is 5.41 Å². The monoisotopic (exact) mass is 556 g/mol. The zero-order valence-corrected chi connectivity index (χ0v) is 22.7. The second-order valence-corrected chi connectivity index (χ2v) is 12.4. The van der Waals surface area contributed by atoms with Gasteiger partial charge in [-0.3, -0.25) is 19.2 Å². The number of carbonyl (C=O) groups excluding carboxylic acids is 3. The number of nitrogens with one attached hydrogen (secondary N) is 2. The molecule has 0 aromatic heterocycles. The van der Waals surface area contributed by atoms with Gasteiger partial charge < -0.3 is 26.4 Å². The lowest BCUT2D eigenvalue weighted by molar-refractivity contribution is -0.142. The van der Waals surface area contributed by atoms with Gasteiger partial charge in [-0.1, -0.05) is 38.4 Å². The molecule has 204 valence electrons. The summed E-state index contributed by atoms with van der Waals surface area (Å²) in [6.45, 7) is 5.58. The number of nitrogens with two attached hydrogens (primary N) is 1. The summed E-state index contributed by atoms with van der Waals surface area (Å²) in [4.78, 5) is 52.2. The first-order chi connectivity index (χ1) is 17.0. The fraction of sp³-hybridized carbons (Fsp3) is 0.500. The fourth-order valence-corrected chi connectivity index (χ4v) is 4.53. The van der Waals surface area contributed by atoms with Crippen molar-refractivity contribution in [2.75, 3.05) is 18.5 Å². The smallest absolute Gasteiger partial charge is 0.305 e. The Kier molecular flexibility index (Phi) is 9.72. The third-order valence-corrected chi connectivity index (χ3v) is 6.75. The maximum absolute atomic E-state index is 13.6. The van der Waals surface area contributed by atoms with E-state index in [0.717, 1.165) is 17.7 Å². The molecule has 0 saturated carbocycles. The van der Waals surface area contributed by atoms with Crippen molar-refractivity contribution in [2.45, 2.75) is 58.2 Å². The number of carboxylic acids is 1. The maximum Gasteiger partial charge on any atom is 0.305 e. The van der Waals surface area contributed by atoms with Crippen LogP contribution in [0.2, 0.25) is 5.02 Å². The zero-order valence-electron chi connectivity index (χ0n) is 21.2. The molecular formula is C24H33ClN4O7S. The Morgan fingerprint density at radius 3 is 2.43 bits per heavy atom. The van der Waals surface area contributed by atoms with Crippen LogP contribution in [0.3, 0.4) is 0 Å². The van der Waals surface area contributed by atoms with Crippen molar-refractivity contribution in [3.63, 3.8) is 0 Å². The van der Waals surface area contributed by atoms with E-state index in [0.29, 0.717) is 18.5 Å². The van der Waals surface area contributed by atoms with E-state index < -0.39 is 63.5 Å². The van der Waals surface area contributed by atoms with Crippen LogP contribution < -0.4 is 16.4 Å². The van der Waals surface area contributed by atoms with Gasteiger partial charge in [-0.25, -0.2) is 8.42 Å². The van der Waals surface area contributed by atoms with E-state index in [1.54, 1.807) is 20.8 Å². The second-order valence-electron chi connectivity index (χ2n) is 10.1.